The molecular weight excluding hydrogens is 398 g/mol. The molecule has 5 nitrogen and oxygen atoms in total. The SMILES string of the molecule is COc1ccc(N2C(=O)c3ccccc3NC23CCC(C#N)(c2ccccc2)CC3)cc1. The Bertz CT molecular complexity index is 1170. The predicted molar refractivity (Wildman–Crippen MR) is 125 cm³/mol. The number of benzene rings is 3. The summed E-state index contributed by atoms with van der Waals surface area (Å²) in [6.07, 6.45) is 2.67. The highest BCUT2D eigenvalue weighted by molar-refractivity contribution is 6.12. The van der Waals surface area contributed by atoms with Gasteiger partial charge >= 0.3 is 0 Å². The van der Waals surface area contributed by atoms with Gasteiger partial charge in [0.25, 0.3) is 5.91 Å². The first-order valence-electron chi connectivity index (χ1n) is 10.9. The first-order valence-corrected chi connectivity index (χ1v) is 10.9. The molecule has 0 aromatic heterocycles. The van der Waals surface area contributed by atoms with Gasteiger partial charge in [-0.15, -0.1) is 0 Å². The Morgan fingerprint density at radius 3 is 2.22 bits per heavy atom. The molecule has 32 heavy (non-hydrogen) atoms. The molecule has 5 rings (SSSR count). The van der Waals surface area contributed by atoms with Crippen LogP contribution in [0.1, 0.15) is 41.6 Å². The van der Waals surface area contributed by atoms with Crippen molar-refractivity contribution in [2.24, 2.45) is 0 Å². The molecule has 1 fully saturated rings. The van der Waals surface area contributed by atoms with Gasteiger partial charge in [0.1, 0.15) is 11.4 Å². The lowest BCUT2D eigenvalue weighted by Gasteiger charge is -2.53. The van der Waals surface area contributed by atoms with Crippen molar-refractivity contribution in [3.8, 4) is 11.8 Å². The summed E-state index contributed by atoms with van der Waals surface area (Å²) in [6, 6.07) is 27.9. The Kier molecular flexibility index (Phi) is 4.86. The van der Waals surface area contributed by atoms with Crippen LogP contribution in [0.2, 0.25) is 0 Å². The highest BCUT2D eigenvalue weighted by atomic mass is 16.5. The second-order valence-electron chi connectivity index (χ2n) is 8.60. The predicted octanol–water partition coefficient (Wildman–Crippen LogP) is 5.50. The van der Waals surface area contributed by atoms with E-state index in [1.165, 1.54) is 0 Å². The van der Waals surface area contributed by atoms with E-state index >= 15 is 0 Å². The third-order valence-corrected chi connectivity index (χ3v) is 6.96. The number of ether oxygens (including phenoxy) is 1. The van der Waals surface area contributed by atoms with Gasteiger partial charge in [-0.3, -0.25) is 9.69 Å². The summed E-state index contributed by atoms with van der Waals surface area (Å²) in [7, 11) is 1.63. The van der Waals surface area contributed by atoms with Crippen molar-refractivity contribution in [3.05, 3.63) is 90.0 Å². The average molecular weight is 424 g/mol. The minimum absolute atomic E-state index is 0.0197. The summed E-state index contributed by atoms with van der Waals surface area (Å²) in [6.45, 7) is 0. The second kappa shape index (κ2) is 7.72. The largest absolute Gasteiger partial charge is 0.497 e. The Morgan fingerprint density at radius 2 is 1.56 bits per heavy atom. The number of anilines is 2. The van der Waals surface area contributed by atoms with Crippen molar-refractivity contribution in [1.29, 1.82) is 5.26 Å². The van der Waals surface area contributed by atoms with Crippen LogP contribution >= 0.6 is 0 Å². The molecule has 3 aromatic carbocycles. The van der Waals surface area contributed by atoms with Gasteiger partial charge < -0.3 is 10.1 Å². The minimum atomic E-state index is -0.588. The number of carbonyl (C=O) groups is 1. The van der Waals surface area contributed by atoms with E-state index in [9.17, 15) is 10.1 Å². The van der Waals surface area contributed by atoms with E-state index < -0.39 is 11.1 Å². The molecule has 1 N–H and O–H groups in total. The van der Waals surface area contributed by atoms with Gasteiger partial charge in [-0.2, -0.15) is 5.26 Å². The molecule has 3 aromatic rings. The van der Waals surface area contributed by atoms with Crippen molar-refractivity contribution < 1.29 is 9.53 Å². The first-order chi connectivity index (χ1) is 15.6. The number of nitrogens with one attached hydrogen (secondary N) is 1. The van der Waals surface area contributed by atoms with Crippen LogP contribution in [0.25, 0.3) is 0 Å². The van der Waals surface area contributed by atoms with Crippen LogP contribution < -0.4 is 15.0 Å². The molecule has 2 aliphatic rings. The molecule has 1 aliphatic carbocycles. The fraction of sp³-hybridized carbons (Fsp3) is 0.259. The zero-order valence-electron chi connectivity index (χ0n) is 18.0. The number of methoxy groups -OCH3 is 1. The molecule has 0 radical (unpaired) electrons. The molecule has 5 heteroatoms. The Hall–Kier alpha value is -3.78. The van der Waals surface area contributed by atoms with Gasteiger partial charge in [0.15, 0.2) is 0 Å². The van der Waals surface area contributed by atoms with Crippen LogP contribution in [0.5, 0.6) is 5.75 Å². The molecule has 160 valence electrons. The van der Waals surface area contributed by atoms with Crippen molar-refractivity contribution in [1.82, 2.24) is 0 Å². The number of nitrogens with zero attached hydrogens (tertiary/aromatic N) is 2. The molecular formula is C27H25N3O2. The summed E-state index contributed by atoms with van der Waals surface area (Å²) in [5.41, 5.74) is 2.26. The van der Waals surface area contributed by atoms with E-state index in [1.54, 1.807) is 7.11 Å². The normalized spacial score (nSPS) is 24.4. The Labute approximate surface area is 188 Å². The second-order valence-corrected chi connectivity index (χ2v) is 8.60. The zero-order chi connectivity index (χ0) is 22.2. The first kappa shape index (κ1) is 20.1. The number of amides is 1. The van der Waals surface area contributed by atoms with E-state index in [0.717, 1.165) is 22.7 Å². The number of nitriles is 1. The van der Waals surface area contributed by atoms with Crippen molar-refractivity contribution in [2.75, 3.05) is 17.3 Å². The third-order valence-electron chi connectivity index (χ3n) is 6.96. The van der Waals surface area contributed by atoms with Crippen LogP contribution in [0.3, 0.4) is 0 Å². The van der Waals surface area contributed by atoms with E-state index in [1.807, 2.05) is 83.8 Å². The van der Waals surface area contributed by atoms with Crippen molar-refractivity contribution in [3.63, 3.8) is 0 Å². The summed E-state index contributed by atoms with van der Waals surface area (Å²) >= 11 is 0. The highest BCUT2D eigenvalue weighted by Crippen LogP contribution is 2.49. The van der Waals surface area contributed by atoms with E-state index in [2.05, 4.69) is 11.4 Å². The molecule has 1 heterocycles. The summed E-state index contributed by atoms with van der Waals surface area (Å²) in [5, 5.41) is 13.9. The van der Waals surface area contributed by atoms with Crippen LogP contribution in [-0.4, -0.2) is 18.7 Å². The fourth-order valence-corrected chi connectivity index (χ4v) is 5.16. The van der Waals surface area contributed by atoms with E-state index in [-0.39, 0.29) is 5.91 Å². The van der Waals surface area contributed by atoms with Gasteiger partial charge in [-0.25, -0.2) is 0 Å². The van der Waals surface area contributed by atoms with Crippen molar-refractivity contribution >= 4 is 17.3 Å². The van der Waals surface area contributed by atoms with Crippen LogP contribution in [0.4, 0.5) is 11.4 Å². The molecule has 1 saturated carbocycles. The molecule has 0 unspecified atom stereocenters. The van der Waals surface area contributed by atoms with Crippen LogP contribution in [-0.2, 0) is 5.41 Å². The summed E-state index contributed by atoms with van der Waals surface area (Å²) in [5.74, 6) is 0.727. The molecule has 0 saturated heterocycles. The maximum absolute atomic E-state index is 13.7. The average Bonchev–Trinajstić information content (AvgIpc) is 2.86. The number of fused-ring (bicyclic) bond motifs is 1. The maximum atomic E-state index is 13.7. The third kappa shape index (κ3) is 3.11. The Morgan fingerprint density at radius 1 is 0.906 bits per heavy atom. The lowest BCUT2D eigenvalue weighted by molar-refractivity contribution is 0.0929. The van der Waals surface area contributed by atoms with E-state index in [4.69, 9.17) is 4.74 Å². The highest BCUT2D eigenvalue weighted by Gasteiger charge is 2.51. The number of carbonyl (C=O) groups excluding carboxylic acids is 1. The van der Waals surface area contributed by atoms with Gasteiger partial charge in [0.2, 0.25) is 0 Å². The van der Waals surface area contributed by atoms with Gasteiger partial charge in [0.05, 0.1) is 24.2 Å². The number of hydrogen-bond acceptors (Lipinski definition) is 4. The topological polar surface area (TPSA) is 65.4 Å². The molecule has 1 amide bonds. The standard InChI is InChI=1S/C27H25N3O2/c1-32-22-13-11-21(12-14-22)30-25(31)23-9-5-6-10-24(23)29-27(30)17-15-26(19-28,16-18-27)20-7-3-2-4-8-20/h2-14,29H,15-18H2,1H3. The molecule has 0 atom stereocenters. The van der Waals surface area contributed by atoms with Gasteiger partial charge in [0, 0.05) is 11.4 Å². The maximum Gasteiger partial charge on any atom is 0.262 e. The number of rotatable bonds is 3. The minimum Gasteiger partial charge on any atom is -0.497 e. The van der Waals surface area contributed by atoms with E-state index in [0.29, 0.717) is 31.2 Å². The monoisotopic (exact) mass is 423 g/mol. The number of para-hydroxylation sites is 1. The quantitative estimate of drug-likeness (QED) is 0.604. The van der Waals surface area contributed by atoms with Gasteiger partial charge in [-0.1, -0.05) is 42.5 Å². The molecule has 1 spiro atoms. The molecule has 0 bridgehead atoms. The lowest BCUT2D eigenvalue weighted by atomic mass is 9.66. The molecule has 1 aliphatic heterocycles. The number of hydrogen-bond donors (Lipinski definition) is 1. The zero-order valence-corrected chi connectivity index (χ0v) is 18.0. The van der Waals surface area contributed by atoms with Crippen LogP contribution in [0.15, 0.2) is 78.9 Å². The summed E-state index contributed by atoms with van der Waals surface area (Å²) in [4.78, 5) is 15.6. The Balaban J connectivity index is 1.56. The fourth-order valence-electron chi connectivity index (χ4n) is 5.16. The lowest BCUT2D eigenvalue weighted by Crippen LogP contribution is -2.63. The van der Waals surface area contributed by atoms with Crippen molar-refractivity contribution in [2.45, 2.75) is 36.8 Å². The smallest absolute Gasteiger partial charge is 0.262 e. The van der Waals surface area contributed by atoms with Crippen LogP contribution in [0, 0.1) is 11.3 Å². The summed E-state index contributed by atoms with van der Waals surface area (Å²) < 4.78 is 5.31. The van der Waals surface area contributed by atoms with Gasteiger partial charge in [-0.05, 0) is 67.6 Å².